The number of nitrogens with one attached hydrogen (secondary N) is 1. The van der Waals surface area contributed by atoms with E-state index in [0.29, 0.717) is 18.8 Å². The van der Waals surface area contributed by atoms with Gasteiger partial charge in [0.05, 0.1) is 0 Å². The molecule has 0 atom stereocenters. The van der Waals surface area contributed by atoms with E-state index in [-0.39, 0.29) is 6.09 Å². The third kappa shape index (κ3) is 2.93. The molecule has 0 unspecified atom stereocenters. The number of nitrogens with zero attached hydrogens (tertiary/aromatic N) is 1. The lowest BCUT2D eigenvalue weighted by atomic mass is 10.1. The molecule has 0 aliphatic heterocycles. The van der Waals surface area contributed by atoms with E-state index in [1.54, 1.807) is 7.05 Å². The number of amides is 1. The van der Waals surface area contributed by atoms with Crippen LogP contribution in [-0.2, 0) is 6.42 Å². The molecule has 0 aliphatic carbocycles. The number of ether oxygens (including phenoxy) is 1. The van der Waals surface area contributed by atoms with E-state index >= 15 is 0 Å². The number of rotatable bonds is 5. The summed E-state index contributed by atoms with van der Waals surface area (Å²) < 4.78 is 5.50. The van der Waals surface area contributed by atoms with Crippen LogP contribution in [0.1, 0.15) is 18.9 Å². The van der Waals surface area contributed by atoms with Crippen molar-refractivity contribution in [3.63, 3.8) is 0 Å². The fourth-order valence-electron chi connectivity index (χ4n) is 2.10. The number of aryl methyl sites for hydroxylation is 1. The molecule has 0 saturated heterocycles. The first-order valence-corrected chi connectivity index (χ1v) is 6.89. The van der Waals surface area contributed by atoms with E-state index in [2.05, 4.69) is 4.98 Å². The summed E-state index contributed by atoms with van der Waals surface area (Å²) in [5, 5.41) is 0.971. The summed E-state index contributed by atoms with van der Waals surface area (Å²) in [6.07, 6.45) is 3.39. The van der Waals surface area contributed by atoms with Crippen molar-refractivity contribution < 1.29 is 9.53 Å². The van der Waals surface area contributed by atoms with Crippen LogP contribution >= 0.6 is 0 Å². The van der Waals surface area contributed by atoms with Crippen LogP contribution < -0.4 is 10.5 Å². The van der Waals surface area contributed by atoms with Crippen LogP contribution in [0.4, 0.5) is 4.79 Å². The van der Waals surface area contributed by atoms with Crippen LogP contribution in [0.3, 0.4) is 0 Å². The fraction of sp³-hybridized carbons (Fsp3) is 0.400. The lowest BCUT2D eigenvalue weighted by Gasteiger charge is -2.15. The van der Waals surface area contributed by atoms with Gasteiger partial charge in [-0.3, -0.25) is 0 Å². The monoisotopic (exact) mass is 275 g/mol. The highest BCUT2D eigenvalue weighted by molar-refractivity contribution is 5.91. The zero-order valence-electron chi connectivity index (χ0n) is 12.0. The van der Waals surface area contributed by atoms with E-state index in [4.69, 9.17) is 10.5 Å². The van der Waals surface area contributed by atoms with Crippen molar-refractivity contribution in [1.29, 1.82) is 0 Å². The molecule has 108 valence electrons. The number of aromatic nitrogens is 1. The van der Waals surface area contributed by atoms with Gasteiger partial charge in [0.15, 0.2) is 0 Å². The van der Waals surface area contributed by atoms with E-state index in [0.717, 1.165) is 29.3 Å². The van der Waals surface area contributed by atoms with Gasteiger partial charge in [0.25, 0.3) is 0 Å². The van der Waals surface area contributed by atoms with E-state index < -0.39 is 0 Å². The van der Waals surface area contributed by atoms with Gasteiger partial charge in [0, 0.05) is 30.7 Å². The average molecular weight is 275 g/mol. The Hall–Kier alpha value is -2.01. The standard InChI is InChI=1S/C15H21N3O2/c1-3-18(2)15(19)20-13-8-4-7-12-14(13)11(10-17-12)6-5-9-16/h4,7-8,10,17H,3,5-6,9,16H2,1-2H3. The molecule has 3 N–H and O–H groups in total. The van der Waals surface area contributed by atoms with Crippen molar-refractivity contribution >= 4 is 17.0 Å². The number of H-pyrrole nitrogens is 1. The van der Waals surface area contributed by atoms with Crippen LogP contribution in [-0.4, -0.2) is 36.1 Å². The predicted molar refractivity (Wildman–Crippen MR) is 80.0 cm³/mol. The second-order valence-electron chi connectivity index (χ2n) is 4.77. The number of fused-ring (bicyclic) bond motifs is 1. The Bertz CT molecular complexity index is 592. The first-order chi connectivity index (χ1) is 9.67. The molecule has 0 saturated carbocycles. The molecule has 1 amide bonds. The van der Waals surface area contributed by atoms with Crippen molar-refractivity contribution in [3.8, 4) is 5.75 Å². The molecule has 1 aromatic carbocycles. The highest BCUT2D eigenvalue weighted by atomic mass is 16.6. The summed E-state index contributed by atoms with van der Waals surface area (Å²) in [4.78, 5) is 16.6. The summed E-state index contributed by atoms with van der Waals surface area (Å²) in [6.45, 7) is 3.17. The topological polar surface area (TPSA) is 71.3 Å². The highest BCUT2D eigenvalue weighted by Crippen LogP contribution is 2.29. The zero-order valence-corrected chi connectivity index (χ0v) is 12.0. The fourth-order valence-corrected chi connectivity index (χ4v) is 2.10. The molecular weight excluding hydrogens is 254 g/mol. The molecule has 1 heterocycles. The van der Waals surface area contributed by atoms with Gasteiger partial charge in [-0.25, -0.2) is 4.79 Å². The molecule has 0 fully saturated rings. The third-order valence-corrected chi connectivity index (χ3v) is 3.38. The number of hydrogen-bond donors (Lipinski definition) is 2. The average Bonchev–Trinajstić information content (AvgIpc) is 2.88. The molecule has 2 aromatic rings. The van der Waals surface area contributed by atoms with Crippen molar-refractivity contribution in [2.45, 2.75) is 19.8 Å². The summed E-state index contributed by atoms with van der Waals surface area (Å²) in [5.74, 6) is 0.598. The Balaban J connectivity index is 2.32. The molecule has 0 bridgehead atoms. The van der Waals surface area contributed by atoms with Gasteiger partial charge in [-0.15, -0.1) is 0 Å². The summed E-state index contributed by atoms with van der Waals surface area (Å²) >= 11 is 0. The molecular formula is C15H21N3O2. The molecule has 1 aromatic heterocycles. The van der Waals surface area contributed by atoms with Gasteiger partial charge in [0.1, 0.15) is 5.75 Å². The van der Waals surface area contributed by atoms with Crippen molar-refractivity contribution in [1.82, 2.24) is 9.88 Å². The van der Waals surface area contributed by atoms with Crippen molar-refractivity contribution in [2.75, 3.05) is 20.1 Å². The Morgan fingerprint density at radius 2 is 2.25 bits per heavy atom. The predicted octanol–water partition coefficient (Wildman–Crippen LogP) is 2.51. The Kier molecular flexibility index (Phi) is 4.63. The van der Waals surface area contributed by atoms with Crippen LogP contribution in [0.2, 0.25) is 0 Å². The zero-order chi connectivity index (χ0) is 14.5. The molecule has 0 spiro atoms. The largest absolute Gasteiger partial charge is 0.414 e. The maximum atomic E-state index is 11.9. The normalized spacial score (nSPS) is 10.8. The van der Waals surface area contributed by atoms with Crippen molar-refractivity contribution in [3.05, 3.63) is 30.0 Å². The number of carbonyl (C=O) groups excluding carboxylic acids is 1. The number of hydrogen-bond acceptors (Lipinski definition) is 3. The van der Waals surface area contributed by atoms with E-state index in [1.807, 2.05) is 31.3 Å². The third-order valence-electron chi connectivity index (χ3n) is 3.38. The SMILES string of the molecule is CCN(C)C(=O)Oc1cccc2[nH]cc(CCCN)c12. The van der Waals surface area contributed by atoms with Gasteiger partial charge >= 0.3 is 6.09 Å². The smallest absolute Gasteiger partial charge is 0.409 e. The first-order valence-electron chi connectivity index (χ1n) is 6.89. The molecule has 0 radical (unpaired) electrons. The molecule has 20 heavy (non-hydrogen) atoms. The number of nitrogens with two attached hydrogens (primary N) is 1. The summed E-state index contributed by atoms with van der Waals surface area (Å²) in [7, 11) is 1.72. The maximum absolute atomic E-state index is 11.9. The Morgan fingerprint density at radius 1 is 1.45 bits per heavy atom. The second kappa shape index (κ2) is 6.43. The summed E-state index contributed by atoms with van der Waals surface area (Å²) in [6, 6.07) is 5.67. The number of benzene rings is 1. The van der Waals surface area contributed by atoms with Crippen LogP contribution in [0.25, 0.3) is 10.9 Å². The minimum Gasteiger partial charge on any atom is -0.409 e. The lowest BCUT2D eigenvalue weighted by Crippen LogP contribution is -2.29. The Morgan fingerprint density at radius 3 is 2.95 bits per heavy atom. The lowest BCUT2D eigenvalue weighted by molar-refractivity contribution is 0.166. The quantitative estimate of drug-likeness (QED) is 0.880. The van der Waals surface area contributed by atoms with E-state index in [1.165, 1.54) is 4.90 Å². The molecule has 2 rings (SSSR count). The van der Waals surface area contributed by atoms with Crippen molar-refractivity contribution in [2.24, 2.45) is 5.73 Å². The van der Waals surface area contributed by atoms with Crippen LogP contribution in [0.5, 0.6) is 5.75 Å². The van der Waals surface area contributed by atoms with Crippen LogP contribution in [0, 0.1) is 0 Å². The highest BCUT2D eigenvalue weighted by Gasteiger charge is 2.14. The molecule has 5 nitrogen and oxygen atoms in total. The first kappa shape index (κ1) is 14.4. The summed E-state index contributed by atoms with van der Waals surface area (Å²) in [5.41, 5.74) is 7.67. The van der Waals surface area contributed by atoms with E-state index in [9.17, 15) is 4.79 Å². The second-order valence-corrected chi connectivity index (χ2v) is 4.77. The number of aromatic amines is 1. The molecule has 0 aliphatic rings. The van der Waals surface area contributed by atoms with Gasteiger partial charge < -0.3 is 20.4 Å². The number of carbonyl (C=O) groups is 1. The Labute approximate surface area is 118 Å². The van der Waals surface area contributed by atoms with Gasteiger partial charge in [-0.2, -0.15) is 0 Å². The van der Waals surface area contributed by atoms with Gasteiger partial charge in [0.2, 0.25) is 0 Å². The minimum absolute atomic E-state index is 0.342. The van der Waals surface area contributed by atoms with Crippen LogP contribution in [0.15, 0.2) is 24.4 Å². The maximum Gasteiger partial charge on any atom is 0.414 e. The molecule has 5 heteroatoms. The minimum atomic E-state index is -0.342. The van der Waals surface area contributed by atoms with Gasteiger partial charge in [-0.1, -0.05) is 6.07 Å². The van der Waals surface area contributed by atoms with Gasteiger partial charge in [-0.05, 0) is 44.0 Å².